The van der Waals surface area contributed by atoms with E-state index in [1.54, 1.807) is 4.52 Å². The number of anilines is 2. The summed E-state index contributed by atoms with van der Waals surface area (Å²) in [6.07, 6.45) is 7.34. The van der Waals surface area contributed by atoms with Gasteiger partial charge in [0.2, 0.25) is 5.95 Å². The summed E-state index contributed by atoms with van der Waals surface area (Å²) in [6.45, 7) is 5.50. The van der Waals surface area contributed by atoms with Gasteiger partial charge in [-0.15, -0.1) is 0 Å². The Bertz CT molecular complexity index is 1130. The molecule has 0 radical (unpaired) electrons. The van der Waals surface area contributed by atoms with E-state index in [2.05, 4.69) is 20.4 Å². The maximum atomic E-state index is 5.63. The zero-order chi connectivity index (χ0) is 18.4. The van der Waals surface area contributed by atoms with Gasteiger partial charge in [-0.2, -0.15) is 15.2 Å². The molecule has 0 spiro atoms. The van der Waals surface area contributed by atoms with Gasteiger partial charge in [0.05, 0.1) is 35.6 Å². The minimum Gasteiger partial charge on any atom is -0.379 e. The second-order valence-corrected chi connectivity index (χ2v) is 6.89. The van der Waals surface area contributed by atoms with E-state index in [1.807, 2.05) is 37.0 Å². The van der Waals surface area contributed by atoms with Crippen molar-refractivity contribution in [2.45, 2.75) is 32.7 Å². The summed E-state index contributed by atoms with van der Waals surface area (Å²) in [5.74, 6) is 0.531. The molecule has 5 rings (SSSR count). The van der Waals surface area contributed by atoms with E-state index in [-0.39, 0.29) is 6.04 Å². The highest BCUT2D eigenvalue weighted by molar-refractivity contribution is 5.79. The summed E-state index contributed by atoms with van der Waals surface area (Å²) >= 11 is 0. The maximum Gasteiger partial charge on any atom is 0.229 e. The molecule has 1 aliphatic heterocycles. The molecule has 1 fully saturated rings. The number of nitrogens with one attached hydrogen (secondary N) is 1. The van der Waals surface area contributed by atoms with Crippen molar-refractivity contribution < 1.29 is 4.74 Å². The Morgan fingerprint density at radius 3 is 3.04 bits per heavy atom. The number of hydrogen-bond donors (Lipinski definition) is 1. The molecule has 1 unspecified atom stereocenters. The van der Waals surface area contributed by atoms with Gasteiger partial charge in [0.25, 0.3) is 0 Å². The van der Waals surface area contributed by atoms with E-state index in [0.717, 1.165) is 53.1 Å². The first-order valence-electron chi connectivity index (χ1n) is 9.05. The molecule has 9 nitrogen and oxygen atoms in total. The van der Waals surface area contributed by atoms with Crippen molar-refractivity contribution in [2.75, 3.05) is 18.5 Å². The summed E-state index contributed by atoms with van der Waals surface area (Å²) in [5, 5.41) is 13.2. The molecule has 0 amide bonds. The molecule has 5 heterocycles. The number of aryl methyl sites for hydroxylation is 2. The molecule has 1 saturated heterocycles. The molecule has 0 saturated carbocycles. The summed E-state index contributed by atoms with van der Waals surface area (Å²) in [4.78, 5) is 13.4. The Morgan fingerprint density at radius 1 is 1.26 bits per heavy atom. The lowest BCUT2D eigenvalue weighted by molar-refractivity contribution is 0.0562. The summed E-state index contributed by atoms with van der Waals surface area (Å²) < 4.78 is 9.35. The van der Waals surface area contributed by atoms with Gasteiger partial charge in [0.1, 0.15) is 6.33 Å². The summed E-state index contributed by atoms with van der Waals surface area (Å²) in [5.41, 5.74) is 4.50. The van der Waals surface area contributed by atoms with Crippen LogP contribution in [0.3, 0.4) is 0 Å². The zero-order valence-corrected chi connectivity index (χ0v) is 15.3. The molecular weight excluding hydrogens is 344 g/mol. The lowest BCUT2D eigenvalue weighted by Crippen LogP contribution is -2.22. The summed E-state index contributed by atoms with van der Waals surface area (Å²) in [7, 11) is 0. The molecule has 0 aromatic carbocycles. The van der Waals surface area contributed by atoms with Crippen molar-refractivity contribution in [1.82, 2.24) is 34.3 Å². The second kappa shape index (κ2) is 6.27. The first-order chi connectivity index (χ1) is 13.2. The highest BCUT2D eigenvalue weighted by atomic mass is 16.5. The fourth-order valence-electron chi connectivity index (χ4n) is 3.51. The van der Waals surface area contributed by atoms with Crippen LogP contribution in [0, 0.1) is 13.8 Å². The topological polar surface area (TPSA) is 95.1 Å². The summed E-state index contributed by atoms with van der Waals surface area (Å²) in [6, 6.07) is 2.19. The molecule has 1 N–H and O–H groups in total. The van der Waals surface area contributed by atoms with E-state index in [9.17, 15) is 0 Å². The number of rotatable bonds is 3. The first kappa shape index (κ1) is 16.1. The third-order valence-electron chi connectivity index (χ3n) is 4.98. The Balaban J connectivity index is 1.54. The van der Waals surface area contributed by atoms with Crippen molar-refractivity contribution in [2.24, 2.45) is 0 Å². The number of ether oxygens (including phenoxy) is 1. The van der Waals surface area contributed by atoms with Crippen molar-refractivity contribution in [3.05, 3.63) is 36.0 Å². The highest BCUT2D eigenvalue weighted by Crippen LogP contribution is 2.26. The van der Waals surface area contributed by atoms with E-state index in [1.165, 1.54) is 6.33 Å². The van der Waals surface area contributed by atoms with Crippen LogP contribution >= 0.6 is 0 Å². The highest BCUT2D eigenvalue weighted by Gasteiger charge is 2.21. The average molecular weight is 364 g/mol. The number of nitrogens with zero attached hydrogens (tertiary/aromatic N) is 7. The SMILES string of the molecule is Cc1cc2ncnn2cc1Nc1ncc2c(C)nn(C3CCCOC3)c2n1. The Morgan fingerprint density at radius 2 is 2.19 bits per heavy atom. The quantitative estimate of drug-likeness (QED) is 0.597. The Kier molecular flexibility index (Phi) is 3.75. The third kappa shape index (κ3) is 2.80. The second-order valence-electron chi connectivity index (χ2n) is 6.89. The van der Waals surface area contributed by atoms with Crippen LogP contribution in [0.2, 0.25) is 0 Å². The number of hydrogen-bond acceptors (Lipinski definition) is 7. The van der Waals surface area contributed by atoms with Crippen LogP contribution in [0.4, 0.5) is 11.6 Å². The van der Waals surface area contributed by atoms with Gasteiger partial charge in [0, 0.05) is 12.8 Å². The predicted octanol–water partition coefficient (Wildman–Crippen LogP) is 2.58. The first-order valence-corrected chi connectivity index (χ1v) is 9.05. The normalized spacial score (nSPS) is 17.6. The minimum absolute atomic E-state index is 0.214. The van der Waals surface area contributed by atoms with Crippen LogP contribution in [0.25, 0.3) is 16.7 Å². The van der Waals surface area contributed by atoms with E-state index >= 15 is 0 Å². The van der Waals surface area contributed by atoms with Gasteiger partial charge in [0.15, 0.2) is 11.3 Å². The predicted molar refractivity (Wildman–Crippen MR) is 100 cm³/mol. The van der Waals surface area contributed by atoms with Crippen molar-refractivity contribution in [3.8, 4) is 0 Å². The number of fused-ring (bicyclic) bond motifs is 2. The van der Waals surface area contributed by atoms with Crippen molar-refractivity contribution in [1.29, 1.82) is 0 Å². The van der Waals surface area contributed by atoms with Gasteiger partial charge in [-0.25, -0.2) is 19.2 Å². The van der Waals surface area contributed by atoms with Crippen LogP contribution < -0.4 is 5.32 Å². The lowest BCUT2D eigenvalue weighted by Gasteiger charge is -2.22. The van der Waals surface area contributed by atoms with Gasteiger partial charge >= 0.3 is 0 Å². The molecular formula is C18H20N8O. The molecule has 138 valence electrons. The smallest absolute Gasteiger partial charge is 0.229 e. The Labute approximate surface area is 155 Å². The molecule has 4 aromatic heterocycles. The van der Waals surface area contributed by atoms with E-state index < -0.39 is 0 Å². The van der Waals surface area contributed by atoms with Crippen LogP contribution in [-0.4, -0.2) is 47.6 Å². The molecule has 27 heavy (non-hydrogen) atoms. The van der Waals surface area contributed by atoms with Crippen LogP contribution in [-0.2, 0) is 4.74 Å². The van der Waals surface area contributed by atoms with Crippen LogP contribution in [0.5, 0.6) is 0 Å². The number of pyridine rings is 1. The molecule has 0 aliphatic carbocycles. The van der Waals surface area contributed by atoms with E-state index in [0.29, 0.717) is 12.6 Å². The van der Waals surface area contributed by atoms with Gasteiger partial charge in [-0.3, -0.25) is 0 Å². The van der Waals surface area contributed by atoms with Crippen LogP contribution in [0.15, 0.2) is 24.8 Å². The van der Waals surface area contributed by atoms with Crippen LogP contribution in [0.1, 0.15) is 30.1 Å². The lowest BCUT2D eigenvalue weighted by atomic mass is 10.1. The minimum atomic E-state index is 0.214. The van der Waals surface area contributed by atoms with E-state index in [4.69, 9.17) is 14.8 Å². The molecule has 0 bridgehead atoms. The third-order valence-corrected chi connectivity index (χ3v) is 4.98. The van der Waals surface area contributed by atoms with Gasteiger partial charge in [-0.05, 0) is 38.3 Å². The molecule has 9 heteroatoms. The maximum absolute atomic E-state index is 5.63. The average Bonchev–Trinajstić information content (AvgIpc) is 3.26. The van der Waals surface area contributed by atoms with Crippen molar-refractivity contribution >= 4 is 28.3 Å². The largest absolute Gasteiger partial charge is 0.379 e. The fraction of sp³-hybridized carbons (Fsp3) is 0.389. The van der Waals surface area contributed by atoms with Crippen molar-refractivity contribution in [3.63, 3.8) is 0 Å². The molecule has 1 aliphatic rings. The van der Waals surface area contributed by atoms with Gasteiger partial charge in [-0.1, -0.05) is 0 Å². The Hall–Kier alpha value is -3.07. The van der Waals surface area contributed by atoms with Gasteiger partial charge < -0.3 is 10.1 Å². The standard InChI is InChI=1S/C18H20N8O/c1-11-6-16-20-10-21-25(16)8-15(11)22-18-19-7-14-12(2)24-26(17(14)23-18)13-4-3-5-27-9-13/h6-8,10,13H,3-5,9H2,1-2H3,(H,19,22,23). The number of aromatic nitrogens is 7. The fourth-order valence-corrected chi connectivity index (χ4v) is 3.51. The molecule has 1 atom stereocenters. The monoisotopic (exact) mass is 364 g/mol. The molecule has 4 aromatic rings. The zero-order valence-electron chi connectivity index (χ0n) is 15.3.